The van der Waals surface area contributed by atoms with Crippen LogP contribution >= 0.6 is 11.6 Å². The Bertz CT molecular complexity index is 408. The van der Waals surface area contributed by atoms with Crippen LogP contribution in [0.5, 0.6) is 0 Å². The summed E-state index contributed by atoms with van der Waals surface area (Å²) >= 11 is 5.44. The van der Waals surface area contributed by atoms with E-state index in [2.05, 4.69) is 10.9 Å². The van der Waals surface area contributed by atoms with Crippen LogP contribution in [0.2, 0.25) is 5.02 Å². The van der Waals surface area contributed by atoms with Crippen molar-refractivity contribution in [3.63, 3.8) is 0 Å². The largest absolute Gasteiger partial charge is 0.359 e. The molecule has 0 saturated carbocycles. The first-order chi connectivity index (χ1) is 6.09. The molecular weight excluding hydrogens is 195 g/mol. The van der Waals surface area contributed by atoms with E-state index >= 15 is 0 Å². The Hall–Kier alpha value is -1.60. The molecule has 2 N–H and O–H groups in total. The molecule has 5 heteroatoms. The third kappa shape index (κ3) is 2.73. The van der Waals surface area contributed by atoms with Crippen LogP contribution in [0.4, 0.5) is 4.39 Å². The summed E-state index contributed by atoms with van der Waals surface area (Å²) in [5.74, 6) is 2.62. The third-order valence-electron chi connectivity index (χ3n) is 1.11. The van der Waals surface area contributed by atoms with Gasteiger partial charge in [-0.15, -0.1) is 0 Å². The summed E-state index contributed by atoms with van der Waals surface area (Å²) in [7, 11) is 0. The number of nitrogens with zero attached hydrogens (tertiary/aromatic N) is 1. The van der Waals surface area contributed by atoms with Gasteiger partial charge in [0.1, 0.15) is 5.69 Å². The van der Waals surface area contributed by atoms with Crippen LogP contribution < -0.4 is 5.73 Å². The van der Waals surface area contributed by atoms with Crippen molar-refractivity contribution in [3.05, 3.63) is 28.8 Å². The van der Waals surface area contributed by atoms with E-state index in [1.54, 1.807) is 0 Å². The first-order valence-corrected chi connectivity index (χ1v) is 3.60. The molecule has 1 aromatic heterocycles. The SMILES string of the molecule is NC(=O)C#Cc1ncc(Cl)cc1F. The van der Waals surface area contributed by atoms with Crippen molar-refractivity contribution in [3.8, 4) is 11.8 Å². The number of carbonyl (C=O) groups is 1. The highest BCUT2D eigenvalue weighted by molar-refractivity contribution is 6.30. The normalized spacial score (nSPS) is 8.77. The highest BCUT2D eigenvalue weighted by atomic mass is 35.5. The molecule has 0 saturated heterocycles. The summed E-state index contributed by atoms with van der Waals surface area (Å²) < 4.78 is 12.9. The average Bonchev–Trinajstić information content (AvgIpc) is 2.02. The molecule has 13 heavy (non-hydrogen) atoms. The van der Waals surface area contributed by atoms with Crippen molar-refractivity contribution in [2.24, 2.45) is 5.73 Å². The minimum Gasteiger partial charge on any atom is -0.359 e. The zero-order chi connectivity index (χ0) is 9.84. The standard InChI is InChI=1S/C8H4ClFN2O/c9-5-3-6(10)7(12-4-5)1-2-8(11)13/h3-4H,(H2,11,13). The van der Waals surface area contributed by atoms with Gasteiger partial charge in [-0.25, -0.2) is 9.37 Å². The second-order valence-corrected chi connectivity index (χ2v) is 2.53. The molecule has 0 aliphatic carbocycles. The highest BCUT2D eigenvalue weighted by Gasteiger charge is 2.00. The molecule has 0 fully saturated rings. The lowest BCUT2D eigenvalue weighted by molar-refractivity contribution is -0.112. The van der Waals surface area contributed by atoms with Crippen molar-refractivity contribution >= 4 is 17.5 Å². The number of hydrogen-bond acceptors (Lipinski definition) is 2. The maximum absolute atomic E-state index is 12.9. The van der Waals surface area contributed by atoms with E-state index in [0.29, 0.717) is 0 Å². The molecule has 1 amide bonds. The van der Waals surface area contributed by atoms with E-state index in [-0.39, 0.29) is 10.7 Å². The minimum absolute atomic E-state index is 0.150. The predicted octanol–water partition coefficient (Wildman–Crippen LogP) is 0.711. The van der Waals surface area contributed by atoms with Gasteiger partial charge in [0.05, 0.1) is 5.02 Å². The minimum atomic E-state index is -0.837. The van der Waals surface area contributed by atoms with Crippen LogP contribution in [0.3, 0.4) is 0 Å². The third-order valence-corrected chi connectivity index (χ3v) is 1.32. The molecule has 0 aliphatic rings. The molecule has 66 valence electrons. The van der Waals surface area contributed by atoms with Gasteiger partial charge in [-0.3, -0.25) is 4.79 Å². The van der Waals surface area contributed by atoms with E-state index in [4.69, 9.17) is 17.3 Å². The highest BCUT2D eigenvalue weighted by Crippen LogP contribution is 2.10. The smallest absolute Gasteiger partial charge is 0.293 e. The number of primary amides is 1. The van der Waals surface area contributed by atoms with Gasteiger partial charge >= 0.3 is 0 Å². The summed E-state index contributed by atoms with van der Waals surface area (Å²) in [6.45, 7) is 0. The molecule has 0 aromatic carbocycles. The van der Waals surface area contributed by atoms with E-state index in [1.807, 2.05) is 5.92 Å². The Morgan fingerprint density at radius 1 is 1.69 bits per heavy atom. The molecule has 0 bridgehead atoms. The van der Waals surface area contributed by atoms with Crippen molar-refractivity contribution in [2.45, 2.75) is 0 Å². The first-order valence-electron chi connectivity index (χ1n) is 3.22. The van der Waals surface area contributed by atoms with Crippen molar-refractivity contribution in [1.82, 2.24) is 4.98 Å². The average molecular weight is 199 g/mol. The van der Waals surface area contributed by atoms with Gasteiger partial charge in [-0.2, -0.15) is 0 Å². The number of hydrogen-bond donors (Lipinski definition) is 1. The Labute approximate surface area is 78.7 Å². The summed E-state index contributed by atoms with van der Waals surface area (Å²) in [5, 5.41) is 0.169. The Balaban J connectivity index is 3.05. The molecule has 1 heterocycles. The zero-order valence-electron chi connectivity index (χ0n) is 6.34. The Morgan fingerprint density at radius 2 is 2.38 bits per heavy atom. The fraction of sp³-hybridized carbons (Fsp3) is 0. The van der Waals surface area contributed by atoms with Crippen LogP contribution in [0.1, 0.15) is 5.69 Å². The molecular formula is C8H4ClFN2O. The molecule has 0 unspecified atom stereocenters. The topological polar surface area (TPSA) is 56.0 Å². The van der Waals surface area contributed by atoms with Gasteiger partial charge in [-0.1, -0.05) is 11.6 Å². The van der Waals surface area contributed by atoms with Crippen LogP contribution in [-0.4, -0.2) is 10.9 Å². The quantitative estimate of drug-likeness (QED) is 0.625. The number of nitrogens with two attached hydrogens (primary N) is 1. The molecule has 0 atom stereocenters. The van der Waals surface area contributed by atoms with Crippen molar-refractivity contribution in [1.29, 1.82) is 0 Å². The number of amides is 1. The number of rotatable bonds is 0. The Morgan fingerprint density at radius 3 is 2.92 bits per heavy atom. The first kappa shape index (κ1) is 9.49. The second-order valence-electron chi connectivity index (χ2n) is 2.10. The van der Waals surface area contributed by atoms with Gasteiger partial charge < -0.3 is 5.73 Å². The maximum atomic E-state index is 12.9. The van der Waals surface area contributed by atoms with Crippen LogP contribution in [0, 0.1) is 17.7 Å². The second kappa shape index (κ2) is 3.87. The Kier molecular flexibility index (Phi) is 2.83. The van der Waals surface area contributed by atoms with E-state index in [1.165, 1.54) is 6.20 Å². The van der Waals surface area contributed by atoms with Gasteiger partial charge in [-0.05, 0) is 12.0 Å². The van der Waals surface area contributed by atoms with E-state index in [0.717, 1.165) is 6.07 Å². The molecule has 3 nitrogen and oxygen atoms in total. The zero-order valence-corrected chi connectivity index (χ0v) is 7.10. The molecule has 1 rings (SSSR count). The van der Waals surface area contributed by atoms with Crippen LogP contribution in [0.25, 0.3) is 0 Å². The van der Waals surface area contributed by atoms with E-state index < -0.39 is 11.7 Å². The van der Waals surface area contributed by atoms with Crippen LogP contribution in [-0.2, 0) is 4.79 Å². The molecule has 0 aliphatic heterocycles. The summed E-state index contributed by atoms with van der Waals surface area (Å²) in [6, 6.07) is 1.06. The number of aromatic nitrogens is 1. The van der Waals surface area contributed by atoms with Crippen molar-refractivity contribution in [2.75, 3.05) is 0 Å². The monoisotopic (exact) mass is 198 g/mol. The number of pyridine rings is 1. The van der Waals surface area contributed by atoms with E-state index in [9.17, 15) is 9.18 Å². The molecule has 0 spiro atoms. The lowest BCUT2D eigenvalue weighted by Gasteiger charge is -1.92. The van der Waals surface area contributed by atoms with Gasteiger partial charge in [0.25, 0.3) is 5.91 Å². The maximum Gasteiger partial charge on any atom is 0.293 e. The lowest BCUT2D eigenvalue weighted by atomic mass is 10.3. The molecule has 0 radical (unpaired) electrons. The predicted molar refractivity (Wildman–Crippen MR) is 45.3 cm³/mol. The van der Waals surface area contributed by atoms with Gasteiger partial charge in [0.15, 0.2) is 5.82 Å². The van der Waals surface area contributed by atoms with Gasteiger partial charge in [0.2, 0.25) is 0 Å². The number of carbonyl (C=O) groups excluding carboxylic acids is 1. The van der Waals surface area contributed by atoms with Gasteiger partial charge in [0, 0.05) is 12.1 Å². The fourth-order valence-electron chi connectivity index (χ4n) is 0.627. The van der Waals surface area contributed by atoms with Crippen LogP contribution in [0.15, 0.2) is 12.3 Å². The summed E-state index contributed by atoms with van der Waals surface area (Å²) in [4.78, 5) is 13.8. The lowest BCUT2D eigenvalue weighted by Crippen LogP contribution is -2.06. The summed E-state index contributed by atoms with van der Waals surface area (Å²) in [5.41, 5.74) is 4.58. The van der Waals surface area contributed by atoms with Crippen molar-refractivity contribution < 1.29 is 9.18 Å². The summed E-state index contributed by atoms with van der Waals surface area (Å²) in [6.07, 6.45) is 1.23. The molecule has 1 aromatic rings. The number of halogens is 2. The fourth-order valence-corrected chi connectivity index (χ4v) is 0.772.